The van der Waals surface area contributed by atoms with Gasteiger partial charge in [-0.05, 0) is 93.5 Å². The van der Waals surface area contributed by atoms with Crippen molar-refractivity contribution in [2.75, 3.05) is 42.4 Å². The van der Waals surface area contributed by atoms with Crippen LogP contribution in [-0.2, 0) is 4.79 Å². The molecular formula is C33H36N6O4. The smallest absolute Gasteiger partial charge is 0.339 e. The van der Waals surface area contributed by atoms with Crippen LogP contribution >= 0.6 is 0 Å². The van der Waals surface area contributed by atoms with Crippen LogP contribution in [0.4, 0.5) is 21.9 Å². The van der Waals surface area contributed by atoms with Gasteiger partial charge >= 0.3 is 6.03 Å². The number of nitrogens with two attached hydrogens (primary N) is 1. The van der Waals surface area contributed by atoms with Gasteiger partial charge in [0, 0.05) is 44.1 Å². The van der Waals surface area contributed by atoms with E-state index in [0.717, 1.165) is 6.54 Å². The normalized spacial score (nSPS) is 17.3. The summed E-state index contributed by atoms with van der Waals surface area (Å²) in [5.74, 6) is 1.51. The van der Waals surface area contributed by atoms with E-state index < -0.39 is 0 Å². The highest BCUT2D eigenvalue weighted by molar-refractivity contribution is 6.36. The van der Waals surface area contributed by atoms with Gasteiger partial charge in [0.2, 0.25) is 5.91 Å². The summed E-state index contributed by atoms with van der Waals surface area (Å²) in [5.41, 5.74) is 8.97. The molecule has 2 fully saturated rings. The van der Waals surface area contributed by atoms with Crippen molar-refractivity contribution in [3.63, 3.8) is 0 Å². The molecule has 1 saturated carbocycles. The molecule has 1 aliphatic heterocycles. The predicted molar refractivity (Wildman–Crippen MR) is 170 cm³/mol. The third-order valence-electron chi connectivity index (χ3n) is 7.41. The fraction of sp³-hybridized carbons (Fsp3) is 0.242. The monoisotopic (exact) mass is 580 g/mol. The lowest BCUT2D eigenvalue weighted by atomic mass is 10.2. The van der Waals surface area contributed by atoms with Crippen LogP contribution in [0.1, 0.15) is 19.8 Å². The first-order chi connectivity index (χ1) is 20.7. The molecule has 0 aromatic heterocycles. The van der Waals surface area contributed by atoms with Crippen molar-refractivity contribution in [3.05, 3.63) is 96.3 Å². The Bertz CT molecular complexity index is 1590. The number of aliphatic imine (C=N–C) groups is 1. The van der Waals surface area contributed by atoms with E-state index in [2.05, 4.69) is 16.9 Å². The molecule has 0 bridgehead atoms. The van der Waals surface area contributed by atoms with Crippen molar-refractivity contribution < 1.29 is 19.4 Å². The van der Waals surface area contributed by atoms with Crippen molar-refractivity contribution in [2.45, 2.75) is 25.8 Å². The van der Waals surface area contributed by atoms with Gasteiger partial charge < -0.3 is 20.5 Å². The van der Waals surface area contributed by atoms with Gasteiger partial charge in [-0.1, -0.05) is 12.1 Å². The zero-order valence-corrected chi connectivity index (χ0v) is 24.8. The topological polar surface area (TPSA) is 115 Å². The number of aromatic hydroxyl groups is 1. The Balaban J connectivity index is 1.38. The predicted octanol–water partition coefficient (Wildman–Crippen LogP) is 5.46. The molecule has 43 heavy (non-hydrogen) atoms. The summed E-state index contributed by atoms with van der Waals surface area (Å²) >= 11 is 0. The molecule has 10 nitrogen and oxygen atoms in total. The summed E-state index contributed by atoms with van der Waals surface area (Å²) in [6.45, 7) is 2.44. The van der Waals surface area contributed by atoms with Gasteiger partial charge in [-0.3, -0.25) is 19.6 Å². The average molecular weight is 581 g/mol. The average Bonchev–Trinajstić information content (AvgIpc) is 3.81. The van der Waals surface area contributed by atoms with Crippen LogP contribution in [0.3, 0.4) is 0 Å². The molecule has 1 heterocycles. The second-order valence-corrected chi connectivity index (χ2v) is 10.6. The molecule has 0 radical (unpaired) electrons. The van der Waals surface area contributed by atoms with E-state index in [-0.39, 0.29) is 17.7 Å². The number of benzene rings is 3. The number of allylic oxidation sites excluding steroid dienone is 1. The van der Waals surface area contributed by atoms with E-state index in [4.69, 9.17) is 10.5 Å². The van der Waals surface area contributed by atoms with Crippen LogP contribution in [-0.4, -0.2) is 61.5 Å². The Hall–Kier alpha value is -5.09. The molecule has 222 valence electrons. The highest BCUT2D eigenvalue weighted by Gasteiger charge is 2.42. The lowest BCUT2D eigenvalue weighted by molar-refractivity contribution is -0.113. The largest absolute Gasteiger partial charge is 0.508 e. The maximum Gasteiger partial charge on any atom is 0.339 e. The molecule has 3 aromatic carbocycles. The van der Waals surface area contributed by atoms with Gasteiger partial charge in [0.1, 0.15) is 22.9 Å². The molecule has 0 spiro atoms. The van der Waals surface area contributed by atoms with Gasteiger partial charge in [0.05, 0.1) is 11.4 Å². The lowest BCUT2D eigenvalue weighted by Crippen LogP contribution is -2.33. The Morgan fingerprint density at radius 1 is 1.02 bits per heavy atom. The second kappa shape index (κ2) is 12.4. The summed E-state index contributed by atoms with van der Waals surface area (Å²) in [5, 5.41) is 9.51. The van der Waals surface area contributed by atoms with Crippen LogP contribution in [0.2, 0.25) is 0 Å². The molecule has 3 aromatic rings. The van der Waals surface area contributed by atoms with Crippen molar-refractivity contribution in [3.8, 4) is 17.2 Å². The molecule has 2 aliphatic rings. The number of likely N-dealkylation sites (N-methyl/N-ethyl adjacent to an activating group) is 2. The molecule has 0 unspecified atom stereocenters. The van der Waals surface area contributed by atoms with Crippen molar-refractivity contribution >= 4 is 34.8 Å². The van der Waals surface area contributed by atoms with E-state index in [1.165, 1.54) is 22.6 Å². The van der Waals surface area contributed by atoms with E-state index in [1.54, 1.807) is 98.7 Å². The number of amidine groups is 1. The third-order valence-corrected chi connectivity index (χ3v) is 7.41. The highest BCUT2D eigenvalue weighted by Crippen LogP contribution is 2.36. The van der Waals surface area contributed by atoms with Crippen LogP contribution in [0, 0.1) is 0 Å². The molecular weight excluding hydrogens is 544 g/mol. The minimum atomic E-state index is -0.359. The standard InChI is InChI=1S/C33H36N6O4/c1-22(34)31-32(35-2)39(26-8-5-7-25(21-26)37(4)30(41)9-6-20-36(3)23-10-11-23)33(42)38(31)24-12-16-28(17-13-24)43-29-18-14-27(40)15-19-29/h5-9,12-19,21,23,40H,10-11,20,34H2,1-4H3/b9-6+,31-22-,35-32+. The molecule has 10 heteroatoms. The summed E-state index contributed by atoms with van der Waals surface area (Å²) in [6, 6.07) is 20.9. The molecule has 1 saturated heterocycles. The highest BCUT2D eigenvalue weighted by atomic mass is 16.5. The van der Waals surface area contributed by atoms with Crippen molar-refractivity contribution in [2.24, 2.45) is 10.7 Å². The van der Waals surface area contributed by atoms with E-state index in [1.807, 2.05) is 12.1 Å². The fourth-order valence-corrected chi connectivity index (χ4v) is 4.90. The summed E-state index contributed by atoms with van der Waals surface area (Å²) < 4.78 is 5.86. The number of anilines is 3. The maximum atomic E-state index is 14.0. The maximum absolute atomic E-state index is 14.0. The molecule has 3 N–H and O–H groups in total. The Kier molecular flexibility index (Phi) is 8.49. The number of hydrogen-bond acceptors (Lipinski definition) is 7. The van der Waals surface area contributed by atoms with Crippen molar-refractivity contribution in [1.82, 2.24) is 4.90 Å². The Morgan fingerprint density at radius 2 is 1.67 bits per heavy atom. The number of nitrogens with zero attached hydrogens (tertiary/aromatic N) is 5. The zero-order chi connectivity index (χ0) is 30.7. The number of rotatable bonds is 9. The number of phenolic OH excluding ortho intramolecular Hbond substituents is 1. The minimum Gasteiger partial charge on any atom is -0.508 e. The van der Waals surface area contributed by atoms with E-state index >= 15 is 0 Å². The van der Waals surface area contributed by atoms with Gasteiger partial charge in [0.15, 0.2) is 5.84 Å². The zero-order valence-electron chi connectivity index (χ0n) is 24.8. The van der Waals surface area contributed by atoms with E-state index in [0.29, 0.717) is 51.8 Å². The van der Waals surface area contributed by atoms with Crippen LogP contribution in [0.25, 0.3) is 0 Å². The molecule has 1 aliphatic carbocycles. The third kappa shape index (κ3) is 6.39. The summed E-state index contributed by atoms with van der Waals surface area (Å²) in [7, 11) is 5.38. The Labute approximate surface area is 251 Å². The first-order valence-corrected chi connectivity index (χ1v) is 14.1. The summed E-state index contributed by atoms with van der Waals surface area (Å²) in [6.07, 6.45) is 5.89. The lowest BCUT2D eigenvalue weighted by Gasteiger charge is -2.21. The number of hydrogen-bond donors (Lipinski definition) is 2. The molecule has 5 rings (SSSR count). The fourth-order valence-electron chi connectivity index (χ4n) is 4.90. The van der Waals surface area contributed by atoms with E-state index in [9.17, 15) is 14.7 Å². The van der Waals surface area contributed by atoms with Gasteiger partial charge in [-0.25, -0.2) is 9.69 Å². The van der Waals surface area contributed by atoms with Gasteiger partial charge in [-0.2, -0.15) is 0 Å². The second-order valence-electron chi connectivity index (χ2n) is 10.6. The number of carbonyl (C=O) groups is 2. The van der Waals surface area contributed by atoms with Crippen molar-refractivity contribution in [1.29, 1.82) is 0 Å². The number of urea groups is 1. The van der Waals surface area contributed by atoms with Gasteiger partial charge in [0.25, 0.3) is 0 Å². The molecule has 0 atom stereocenters. The molecule has 3 amide bonds. The first kappa shape index (κ1) is 29.4. The number of amides is 3. The number of carbonyl (C=O) groups excluding carboxylic acids is 2. The minimum absolute atomic E-state index is 0.150. The quantitative estimate of drug-likeness (QED) is 0.325. The van der Waals surface area contributed by atoms with Crippen LogP contribution in [0.15, 0.2) is 101 Å². The number of phenols is 1. The summed E-state index contributed by atoms with van der Waals surface area (Å²) in [4.78, 5) is 38.2. The Morgan fingerprint density at radius 3 is 2.28 bits per heavy atom. The van der Waals surface area contributed by atoms with Gasteiger partial charge in [-0.15, -0.1) is 0 Å². The van der Waals surface area contributed by atoms with Crippen LogP contribution < -0.4 is 25.2 Å². The van der Waals surface area contributed by atoms with Crippen LogP contribution in [0.5, 0.6) is 17.2 Å². The number of ether oxygens (including phenoxy) is 1. The first-order valence-electron chi connectivity index (χ1n) is 14.1. The SMILES string of the molecule is C/N=C1\C(=C(/C)N)N(c2ccc(Oc3ccc(O)cc3)cc2)C(=O)N1c1cccc(N(C)C(=O)/C=C/CN(C)C2CC2)c1.